The molecule has 13 heteroatoms. The number of thioether (sulfide) groups is 1. The molecule has 0 bridgehead atoms. The van der Waals surface area contributed by atoms with Gasteiger partial charge in [-0.05, 0) is 66.9 Å². The van der Waals surface area contributed by atoms with Crippen molar-refractivity contribution in [2.45, 2.75) is 42.8 Å². The first kappa shape index (κ1) is 32.3. The monoisotopic (exact) mass is 677 g/mol. The number of ether oxygens (including phenoxy) is 4. The first-order valence-corrected chi connectivity index (χ1v) is 17.0. The second-order valence-electron chi connectivity index (χ2n) is 10.6. The van der Waals surface area contributed by atoms with E-state index < -0.39 is 17.7 Å². The quantitative estimate of drug-likeness (QED) is 0.0422. The lowest BCUT2D eigenvalue weighted by Gasteiger charge is -2.24. The minimum atomic E-state index is -1.06. The summed E-state index contributed by atoms with van der Waals surface area (Å²) in [4.78, 5) is 28.8. The SMILES string of the molecule is CCCCOc1ccc([C@H]2/C(=C(\O)c3ccc4c(c3)OCCO4)C(=O)C(=O)N2c2nnc(SCc3ccc(F)cc3)s2)cc1OCC. The Kier molecular flexibility index (Phi) is 9.92. The molecule has 47 heavy (non-hydrogen) atoms. The van der Waals surface area contributed by atoms with Crippen molar-refractivity contribution in [3.05, 3.63) is 88.7 Å². The fourth-order valence-corrected chi connectivity index (χ4v) is 7.01. The smallest absolute Gasteiger partial charge is 0.301 e. The molecular formula is C34H32FN3O7S2. The molecule has 2 aliphatic rings. The van der Waals surface area contributed by atoms with E-state index in [2.05, 4.69) is 17.1 Å². The molecule has 1 N–H and O–H groups in total. The lowest BCUT2D eigenvalue weighted by molar-refractivity contribution is -0.132. The highest BCUT2D eigenvalue weighted by Crippen LogP contribution is 2.46. The predicted molar refractivity (Wildman–Crippen MR) is 176 cm³/mol. The Bertz CT molecular complexity index is 1810. The lowest BCUT2D eigenvalue weighted by atomic mass is 9.95. The summed E-state index contributed by atoms with van der Waals surface area (Å²) in [7, 11) is 0. The lowest BCUT2D eigenvalue weighted by Crippen LogP contribution is -2.29. The van der Waals surface area contributed by atoms with Gasteiger partial charge < -0.3 is 24.1 Å². The van der Waals surface area contributed by atoms with Gasteiger partial charge in [-0.25, -0.2) is 4.39 Å². The van der Waals surface area contributed by atoms with Crippen LogP contribution < -0.4 is 23.8 Å². The summed E-state index contributed by atoms with van der Waals surface area (Å²) in [5, 5.41) is 20.4. The highest BCUT2D eigenvalue weighted by Gasteiger charge is 2.48. The van der Waals surface area contributed by atoms with Crippen LogP contribution in [0.15, 0.2) is 70.6 Å². The molecule has 0 radical (unpaired) electrons. The Morgan fingerprint density at radius 3 is 2.55 bits per heavy atom. The maximum Gasteiger partial charge on any atom is 0.301 e. The summed E-state index contributed by atoms with van der Waals surface area (Å²) in [5.74, 6) is -0.0167. The van der Waals surface area contributed by atoms with Crippen molar-refractivity contribution in [3.63, 3.8) is 0 Å². The van der Waals surface area contributed by atoms with E-state index in [0.717, 1.165) is 29.7 Å². The summed E-state index contributed by atoms with van der Waals surface area (Å²) >= 11 is 2.51. The number of hydrogen-bond donors (Lipinski definition) is 1. The standard InChI is InChI=1S/C34H32FN3O7S2/c1-3-5-14-43-24-12-8-21(17-26(24)42-4-2)29-28(30(39)22-9-13-25-27(18-22)45-16-15-44-25)31(40)32(41)38(29)33-36-37-34(47-33)46-19-20-6-10-23(35)11-7-20/h6-13,17-18,29,39H,3-5,14-16,19H2,1-2H3/b30-28+/t29-/m0/s1. The van der Waals surface area contributed by atoms with Crippen molar-refractivity contribution >= 4 is 45.7 Å². The zero-order valence-electron chi connectivity index (χ0n) is 25.7. The minimum Gasteiger partial charge on any atom is -0.507 e. The van der Waals surface area contributed by atoms with E-state index in [1.807, 2.05) is 6.92 Å². The molecule has 10 nitrogen and oxygen atoms in total. The Labute approximate surface area is 279 Å². The third kappa shape index (κ3) is 6.91. The van der Waals surface area contributed by atoms with Crippen molar-refractivity contribution in [1.82, 2.24) is 10.2 Å². The fourth-order valence-electron chi connectivity index (χ4n) is 5.18. The average Bonchev–Trinajstić information content (AvgIpc) is 3.66. The molecule has 0 saturated carbocycles. The Balaban J connectivity index is 1.41. The second-order valence-corrected chi connectivity index (χ2v) is 12.8. The number of aliphatic hydroxyl groups is 1. The Morgan fingerprint density at radius 2 is 1.79 bits per heavy atom. The molecule has 6 rings (SSSR count). The summed E-state index contributed by atoms with van der Waals surface area (Å²) < 4.78 is 37.1. The number of halogens is 1. The van der Waals surface area contributed by atoms with E-state index in [1.165, 1.54) is 28.8 Å². The van der Waals surface area contributed by atoms with Gasteiger partial charge in [-0.3, -0.25) is 14.5 Å². The molecule has 0 unspecified atom stereocenters. The second kappa shape index (κ2) is 14.4. The summed E-state index contributed by atoms with van der Waals surface area (Å²) in [5.41, 5.74) is 1.56. The van der Waals surface area contributed by atoms with E-state index in [-0.39, 0.29) is 27.8 Å². The van der Waals surface area contributed by atoms with Crippen LogP contribution in [0, 0.1) is 5.82 Å². The third-order valence-electron chi connectivity index (χ3n) is 7.48. The van der Waals surface area contributed by atoms with Crippen LogP contribution in [0.25, 0.3) is 5.76 Å². The number of rotatable bonds is 12. The zero-order chi connectivity index (χ0) is 32.9. The van der Waals surface area contributed by atoms with E-state index >= 15 is 0 Å². The number of fused-ring (bicyclic) bond motifs is 1. The van der Waals surface area contributed by atoms with Crippen LogP contribution in [0.4, 0.5) is 9.52 Å². The van der Waals surface area contributed by atoms with Crippen molar-refractivity contribution < 1.29 is 38.0 Å². The highest BCUT2D eigenvalue weighted by molar-refractivity contribution is 8.00. The van der Waals surface area contributed by atoms with Crippen LogP contribution in [0.1, 0.15) is 49.4 Å². The summed E-state index contributed by atoms with van der Waals surface area (Å²) in [6, 6.07) is 15.1. The topological polar surface area (TPSA) is 120 Å². The number of carbonyl (C=O) groups is 2. The minimum absolute atomic E-state index is 0.121. The van der Waals surface area contributed by atoms with Gasteiger partial charge in [0.2, 0.25) is 5.13 Å². The van der Waals surface area contributed by atoms with Gasteiger partial charge >= 0.3 is 5.91 Å². The summed E-state index contributed by atoms with van der Waals surface area (Å²) in [6.07, 6.45) is 1.82. The zero-order valence-corrected chi connectivity index (χ0v) is 27.4. The van der Waals surface area contributed by atoms with Crippen molar-refractivity contribution in [3.8, 4) is 23.0 Å². The molecule has 1 aromatic heterocycles. The van der Waals surface area contributed by atoms with Gasteiger partial charge in [-0.1, -0.05) is 54.6 Å². The number of anilines is 1. The molecule has 3 heterocycles. The van der Waals surface area contributed by atoms with Crippen LogP contribution in [0.2, 0.25) is 0 Å². The molecule has 0 aliphatic carbocycles. The summed E-state index contributed by atoms with van der Waals surface area (Å²) in [6.45, 7) is 5.52. The number of nitrogens with zero attached hydrogens (tertiary/aromatic N) is 3. The van der Waals surface area contributed by atoms with E-state index in [9.17, 15) is 19.1 Å². The number of aliphatic hydroxyl groups excluding tert-OH is 1. The number of aromatic nitrogens is 2. The maximum absolute atomic E-state index is 13.8. The first-order valence-electron chi connectivity index (χ1n) is 15.2. The molecule has 1 amide bonds. The van der Waals surface area contributed by atoms with Crippen LogP contribution in [0.3, 0.4) is 0 Å². The van der Waals surface area contributed by atoms with E-state index in [1.54, 1.807) is 48.5 Å². The average molecular weight is 678 g/mol. The van der Waals surface area contributed by atoms with Gasteiger partial charge in [0.05, 0.1) is 24.8 Å². The van der Waals surface area contributed by atoms with Gasteiger partial charge in [0.1, 0.15) is 24.8 Å². The largest absolute Gasteiger partial charge is 0.507 e. The number of ketones is 1. The van der Waals surface area contributed by atoms with Gasteiger partial charge in [-0.2, -0.15) is 0 Å². The van der Waals surface area contributed by atoms with Crippen molar-refractivity contribution in [1.29, 1.82) is 0 Å². The third-order valence-corrected chi connectivity index (χ3v) is 9.60. The number of hydrogen-bond acceptors (Lipinski definition) is 11. The van der Waals surface area contributed by atoms with Crippen LogP contribution in [-0.4, -0.2) is 53.4 Å². The van der Waals surface area contributed by atoms with Crippen LogP contribution >= 0.6 is 23.1 Å². The predicted octanol–water partition coefficient (Wildman–Crippen LogP) is 6.94. The number of unbranched alkanes of at least 4 members (excludes halogenated alkanes) is 1. The van der Waals surface area contributed by atoms with Gasteiger partial charge in [0.25, 0.3) is 5.78 Å². The van der Waals surface area contributed by atoms with Crippen LogP contribution in [0.5, 0.6) is 23.0 Å². The van der Waals surface area contributed by atoms with E-state index in [4.69, 9.17) is 18.9 Å². The number of amides is 1. The first-order chi connectivity index (χ1) is 22.9. The highest BCUT2D eigenvalue weighted by atomic mass is 32.2. The molecular weight excluding hydrogens is 646 g/mol. The Morgan fingerprint density at radius 1 is 1.00 bits per heavy atom. The molecule has 1 saturated heterocycles. The molecule has 3 aromatic carbocycles. The van der Waals surface area contributed by atoms with Gasteiger partial charge in [0, 0.05) is 11.3 Å². The maximum atomic E-state index is 13.8. The molecule has 0 spiro atoms. The molecule has 244 valence electrons. The molecule has 1 atom stereocenters. The number of carbonyl (C=O) groups excluding carboxylic acids is 2. The number of Topliss-reactive ketones (excluding diaryl/α,β-unsaturated/α-hetero) is 1. The fraction of sp³-hybridized carbons (Fsp3) is 0.294. The normalized spacial score (nSPS) is 16.8. The molecule has 2 aliphatic heterocycles. The van der Waals surface area contributed by atoms with Gasteiger partial charge in [0.15, 0.2) is 27.3 Å². The van der Waals surface area contributed by atoms with Crippen LogP contribution in [-0.2, 0) is 15.3 Å². The molecule has 1 fully saturated rings. The van der Waals surface area contributed by atoms with Gasteiger partial charge in [-0.15, -0.1) is 10.2 Å². The van der Waals surface area contributed by atoms with E-state index in [0.29, 0.717) is 65.1 Å². The van der Waals surface area contributed by atoms with Crippen molar-refractivity contribution in [2.24, 2.45) is 0 Å². The number of benzene rings is 3. The molecule has 4 aromatic rings. The van der Waals surface area contributed by atoms with Crippen molar-refractivity contribution in [2.75, 3.05) is 31.3 Å². The Hall–Kier alpha value is -4.62.